The van der Waals surface area contributed by atoms with Gasteiger partial charge in [0.05, 0.1) is 5.75 Å². The molecule has 0 spiro atoms. The van der Waals surface area contributed by atoms with Gasteiger partial charge in [0.1, 0.15) is 5.37 Å². The molecular weight excluding hydrogens is 368 g/mol. The second-order valence-electron chi connectivity index (χ2n) is 7.07. The summed E-state index contributed by atoms with van der Waals surface area (Å²) in [4.78, 5) is 26.6. The van der Waals surface area contributed by atoms with Gasteiger partial charge < -0.3 is 10.2 Å². The standard InChI is InChI=1S/C23H28N2O2S/c1-2-3-7-15-24-22(27)19-10-12-20(13-11-19)23-25(21(26)17-28-23)16-14-18-8-5-4-6-9-18/h4-6,8-13,23H,2-3,7,14-17H2,1H3,(H,24,27)/t23-/m1/s1. The van der Waals surface area contributed by atoms with E-state index in [-0.39, 0.29) is 17.2 Å². The number of hydrogen-bond acceptors (Lipinski definition) is 3. The fraction of sp³-hybridized carbons (Fsp3) is 0.391. The van der Waals surface area contributed by atoms with Gasteiger partial charge >= 0.3 is 0 Å². The van der Waals surface area contributed by atoms with Crippen molar-refractivity contribution in [2.24, 2.45) is 0 Å². The highest BCUT2D eigenvalue weighted by molar-refractivity contribution is 8.00. The lowest BCUT2D eigenvalue weighted by Crippen LogP contribution is -2.30. The fourth-order valence-corrected chi connectivity index (χ4v) is 4.56. The number of benzene rings is 2. The van der Waals surface area contributed by atoms with Crippen LogP contribution in [0, 0.1) is 0 Å². The van der Waals surface area contributed by atoms with Gasteiger partial charge in [-0.05, 0) is 36.1 Å². The largest absolute Gasteiger partial charge is 0.352 e. The van der Waals surface area contributed by atoms with E-state index in [0.29, 0.717) is 24.4 Å². The quantitative estimate of drug-likeness (QED) is 0.638. The Hall–Kier alpha value is -2.27. The Morgan fingerprint density at radius 3 is 2.57 bits per heavy atom. The Bertz CT molecular complexity index is 777. The first kappa shape index (κ1) is 20.5. The van der Waals surface area contributed by atoms with Gasteiger partial charge in [-0.1, -0.05) is 62.2 Å². The minimum atomic E-state index is -0.0289. The Kier molecular flexibility index (Phi) is 7.54. The lowest BCUT2D eigenvalue weighted by molar-refractivity contribution is -0.128. The van der Waals surface area contributed by atoms with Crippen molar-refractivity contribution in [3.8, 4) is 0 Å². The molecule has 28 heavy (non-hydrogen) atoms. The molecule has 1 atom stereocenters. The van der Waals surface area contributed by atoms with Crippen molar-refractivity contribution in [1.29, 1.82) is 0 Å². The van der Waals surface area contributed by atoms with Gasteiger partial charge in [-0.25, -0.2) is 0 Å². The van der Waals surface area contributed by atoms with Crippen LogP contribution >= 0.6 is 11.8 Å². The minimum absolute atomic E-state index is 0.0258. The van der Waals surface area contributed by atoms with E-state index < -0.39 is 0 Å². The first-order valence-electron chi connectivity index (χ1n) is 10.0. The average Bonchev–Trinajstić information content (AvgIpc) is 3.11. The molecule has 5 heteroatoms. The van der Waals surface area contributed by atoms with Crippen molar-refractivity contribution in [3.63, 3.8) is 0 Å². The second-order valence-corrected chi connectivity index (χ2v) is 8.14. The highest BCUT2D eigenvalue weighted by atomic mass is 32.2. The number of carbonyl (C=O) groups is 2. The van der Waals surface area contributed by atoms with Crippen molar-refractivity contribution in [3.05, 3.63) is 71.3 Å². The zero-order chi connectivity index (χ0) is 19.8. The maximum Gasteiger partial charge on any atom is 0.251 e. The predicted molar refractivity (Wildman–Crippen MR) is 115 cm³/mol. The van der Waals surface area contributed by atoms with E-state index in [1.165, 1.54) is 5.56 Å². The summed E-state index contributed by atoms with van der Waals surface area (Å²) >= 11 is 1.66. The van der Waals surface area contributed by atoms with Crippen LogP contribution in [0.15, 0.2) is 54.6 Å². The Morgan fingerprint density at radius 2 is 1.86 bits per heavy atom. The summed E-state index contributed by atoms with van der Waals surface area (Å²) in [5, 5.41) is 2.99. The van der Waals surface area contributed by atoms with Gasteiger partial charge in [-0.2, -0.15) is 0 Å². The summed E-state index contributed by atoms with van der Waals surface area (Å²) in [7, 11) is 0. The predicted octanol–water partition coefficient (Wildman–Crippen LogP) is 4.42. The fourth-order valence-electron chi connectivity index (χ4n) is 3.34. The summed E-state index contributed by atoms with van der Waals surface area (Å²) < 4.78 is 0. The Balaban J connectivity index is 1.60. The molecule has 1 heterocycles. The molecule has 0 bridgehead atoms. The molecule has 0 aliphatic carbocycles. The maximum atomic E-state index is 12.4. The lowest BCUT2D eigenvalue weighted by Gasteiger charge is -2.24. The summed E-state index contributed by atoms with van der Waals surface area (Å²) in [6.07, 6.45) is 4.13. The first-order chi connectivity index (χ1) is 13.7. The number of hydrogen-bond donors (Lipinski definition) is 1. The molecule has 0 radical (unpaired) electrons. The van der Waals surface area contributed by atoms with Gasteiger partial charge in [0, 0.05) is 18.7 Å². The highest BCUT2D eigenvalue weighted by Gasteiger charge is 2.32. The molecular formula is C23H28N2O2S. The van der Waals surface area contributed by atoms with Crippen LogP contribution in [0.1, 0.15) is 53.0 Å². The number of amides is 2. The Morgan fingerprint density at radius 1 is 1.11 bits per heavy atom. The zero-order valence-corrected chi connectivity index (χ0v) is 17.2. The molecule has 2 aromatic carbocycles. The summed E-state index contributed by atoms with van der Waals surface area (Å²) in [6.45, 7) is 3.57. The topological polar surface area (TPSA) is 49.4 Å². The van der Waals surface area contributed by atoms with Crippen LogP contribution < -0.4 is 5.32 Å². The average molecular weight is 397 g/mol. The highest BCUT2D eigenvalue weighted by Crippen LogP contribution is 2.38. The molecule has 2 amide bonds. The van der Waals surface area contributed by atoms with Gasteiger partial charge in [0.15, 0.2) is 0 Å². The maximum absolute atomic E-state index is 12.4. The molecule has 0 saturated carbocycles. The number of carbonyl (C=O) groups excluding carboxylic acids is 2. The van der Waals surface area contributed by atoms with E-state index in [0.717, 1.165) is 31.2 Å². The van der Waals surface area contributed by atoms with Crippen LogP contribution in [-0.2, 0) is 11.2 Å². The normalized spacial score (nSPS) is 16.4. The van der Waals surface area contributed by atoms with Crippen LogP contribution in [0.25, 0.3) is 0 Å². The summed E-state index contributed by atoms with van der Waals surface area (Å²) in [5.74, 6) is 0.668. The molecule has 2 aromatic rings. The molecule has 3 rings (SSSR count). The molecule has 1 saturated heterocycles. The number of unbranched alkanes of at least 4 members (excludes halogenated alkanes) is 2. The molecule has 1 N–H and O–H groups in total. The van der Waals surface area contributed by atoms with Crippen LogP contribution in [0.3, 0.4) is 0 Å². The summed E-state index contributed by atoms with van der Waals surface area (Å²) in [5.41, 5.74) is 2.98. The van der Waals surface area contributed by atoms with E-state index in [1.807, 2.05) is 47.4 Å². The van der Waals surface area contributed by atoms with Crippen molar-refractivity contribution in [1.82, 2.24) is 10.2 Å². The first-order valence-corrected chi connectivity index (χ1v) is 11.1. The molecule has 1 aliphatic rings. The zero-order valence-electron chi connectivity index (χ0n) is 16.4. The third kappa shape index (κ3) is 5.38. The van der Waals surface area contributed by atoms with E-state index in [2.05, 4.69) is 24.4 Å². The minimum Gasteiger partial charge on any atom is -0.352 e. The van der Waals surface area contributed by atoms with Crippen LogP contribution in [0.5, 0.6) is 0 Å². The van der Waals surface area contributed by atoms with E-state index in [1.54, 1.807) is 11.8 Å². The second kappa shape index (κ2) is 10.3. The third-order valence-corrected chi connectivity index (χ3v) is 6.23. The van der Waals surface area contributed by atoms with Crippen LogP contribution in [0.4, 0.5) is 0 Å². The van der Waals surface area contributed by atoms with Crippen molar-refractivity contribution >= 4 is 23.6 Å². The van der Waals surface area contributed by atoms with E-state index in [9.17, 15) is 9.59 Å². The van der Waals surface area contributed by atoms with E-state index in [4.69, 9.17) is 0 Å². The van der Waals surface area contributed by atoms with Gasteiger partial charge in [-0.3, -0.25) is 9.59 Å². The molecule has 0 unspecified atom stereocenters. The Labute approximate surface area is 171 Å². The van der Waals surface area contributed by atoms with Crippen LogP contribution in [0.2, 0.25) is 0 Å². The van der Waals surface area contributed by atoms with Gasteiger partial charge in [0.25, 0.3) is 5.91 Å². The van der Waals surface area contributed by atoms with Gasteiger partial charge in [-0.15, -0.1) is 11.8 Å². The summed E-state index contributed by atoms with van der Waals surface area (Å²) in [6, 6.07) is 17.9. The van der Waals surface area contributed by atoms with Crippen LogP contribution in [-0.4, -0.2) is 35.6 Å². The smallest absolute Gasteiger partial charge is 0.251 e. The van der Waals surface area contributed by atoms with Gasteiger partial charge in [0.2, 0.25) is 5.91 Å². The molecule has 148 valence electrons. The SMILES string of the molecule is CCCCCNC(=O)c1ccc([C@H]2SCC(=O)N2CCc2ccccc2)cc1. The van der Waals surface area contributed by atoms with Crippen molar-refractivity contribution in [2.45, 2.75) is 38.0 Å². The lowest BCUT2D eigenvalue weighted by atomic mass is 10.1. The van der Waals surface area contributed by atoms with E-state index >= 15 is 0 Å². The number of thioether (sulfide) groups is 1. The third-order valence-electron chi connectivity index (χ3n) is 4.98. The number of nitrogens with one attached hydrogen (secondary N) is 1. The molecule has 1 aliphatic heterocycles. The van der Waals surface area contributed by atoms with Crippen molar-refractivity contribution in [2.75, 3.05) is 18.8 Å². The van der Waals surface area contributed by atoms with Crippen molar-refractivity contribution < 1.29 is 9.59 Å². The number of rotatable bonds is 9. The molecule has 0 aromatic heterocycles. The molecule has 4 nitrogen and oxygen atoms in total. The monoisotopic (exact) mass is 396 g/mol. The number of nitrogens with zero attached hydrogens (tertiary/aromatic N) is 1. The molecule has 1 fully saturated rings.